The van der Waals surface area contributed by atoms with E-state index in [2.05, 4.69) is 18.3 Å². The van der Waals surface area contributed by atoms with E-state index >= 15 is 0 Å². The van der Waals surface area contributed by atoms with Crippen molar-refractivity contribution in [2.24, 2.45) is 4.99 Å². The van der Waals surface area contributed by atoms with Crippen molar-refractivity contribution < 1.29 is 17.6 Å². The topological polar surface area (TPSA) is 12.4 Å². The highest BCUT2D eigenvalue weighted by atomic mass is 35.5. The third-order valence-electron chi connectivity index (χ3n) is 1.83. The molecule has 1 nitrogen and oxygen atoms in total. The lowest BCUT2D eigenvalue weighted by Crippen LogP contribution is -2.07. The summed E-state index contributed by atoms with van der Waals surface area (Å²) in [6.45, 7) is 6.25. The molecule has 0 unspecified atom stereocenters. The molecule has 0 aliphatic rings. The van der Waals surface area contributed by atoms with Crippen LogP contribution in [-0.2, 0) is 6.18 Å². The highest BCUT2D eigenvalue weighted by Gasteiger charge is 2.35. The van der Waals surface area contributed by atoms with Gasteiger partial charge in [-0.15, -0.1) is 0 Å². The smallest absolute Gasteiger partial charge is 0.263 e. The van der Waals surface area contributed by atoms with Crippen LogP contribution in [0.15, 0.2) is 23.7 Å². The van der Waals surface area contributed by atoms with Crippen LogP contribution in [0, 0.1) is 5.82 Å². The molecule has 0 aliphatic carbocycles. The predicted octanol–water partition coefficient (Wildman–Crippen LogP) is 4.39. The monoisotopic (exact) mass is 251 g/mol. The lowest BCUT2D eigenvalue weighted by molar-refractivity contribution is -0.137. The molecule has 86 valence electrons. The van der Waals surface area contributed by atoms with Crippen molar-refractivity contribution in [3.8, 4) is 0 Å². The minimum atomic E-state index is -4.72. The zero-order valence-electron chi connectivity index (χ0n) is 7.91. The number of benzene rings is 1. The first-order chi connectivity index (χ1) is 7.27. The van der Waals surface area contributed by atoms with Crippen LogP contribution in [-0.4, -0.2) is 6.72 Å². The van der Waals surface area contributed by atoms with E-state index in [0.717, 1.165) is 6.07 Å². The van der Waals surface area contributed by atoms with E-state index in [-0.39, 0.29) is 10.6 Å². The second-order valence-corrected chi connectivity index (χ2v) is 3.37. The predicted molar refractivity (Wildman–Crippen MR) is 55.5 cm³/mol. The van der Waals surface area contributed by atoms with Gasteiger partial charge in [-0.25, -0.2) is 4.39 Å². The van der Waals surface area contributed by atoms with Crippen molar-refractivity contribution >= 4 is 29.0 Å². The summed E-state index contributed by atoms with van der Waals surface area (Å²) in [5, 5.41) is -0.229. The van der Waals surface area contributed by atoms with Crippen LogP contribution in [0.5, 0.6) is 0 Å². The Morgan fingerprint density at radius 2 is 1.88 bits per heavy atom. The summed E-state index contributed by atoms with van der Waals surface area (Å²) in [5.74, 6) is -1.06. The maximum Gasteiger partial charge on any atom is 0.418 e. The maximum absolute atomic E-state index is 13.0. The second kappa shape index (κ2) is 4.25. The Bertz CT molecular complexity index is 451. The van der Waals surface area contributed by atoms with Gasteiger partial charge in [0.05, 0.1) is 11.3 Å². The number of nitrogens with zero attached hydrogens (tertiary/aromatic N) is 1. The first kappa shape index (κ1) is 12.7. The van der Waals surface area contributed by atoms with Gasteiger partial charge in [-0.3, -0.25) is 4.99 Å². The van der Waals surface area contributed by atoms with E-state index in [1.54, 1.807) is 0 Å². The quantitative estimate of drug-likeness (QED) is 0.546. The van der Waals surface area contributed by atoms with Crippen LogP contribution in [0.1, 0.15) is 11.1 Å². The molecule has 16 heavy (non-hydrogen) atoms. The number of aliphatic imine (C=N–C) groups is 1. The number of rotatable bonds is 2. The molecular weight excluding hydrogens is 246 g/mol. The van der Waals surface area contributed by atoms with E-state index in [1.165, 1.54) is 0 Å². The first-order valence-corrected chi connectivity index (χ1v) is 4.37. The Balaban J connectivity index is 3.61. The lowest BCUT2D eigenvalue weighted by Gasteiger charge is -2.13. The standard InChI is InChI=1S/C10H6ClF4N/c1-5(11)7-3-6(12)4-8(9(7)16-2)10(13,14)15/h3-4H,1-2H2. The Labute approximate surface area is 94.1 Å². The Kier molecular flexibility index (Phi) is 3.38. The Morgan fingerprint density at radius 1 is 1.31 bits per heavy atom. The second-order valence-electron chi connectivity index (χ2n) is 2.91. The average Bonchev–Trinajstić information content (AvgIpc) is 2.14. The zero-order valence-corrected chi connectivity index (χ0v) is 8.66. The fourth-order valence-corrected chi connectivity index (χ4v) is 1.34. The van der Waals surface area contributed by atoms with E-state index < -0.39 is 23.2 Å². The summed E-state index contributed by atoms with van der Waals surface area (Å²) in [5.41, 5.74) is -1.96. The first-order valence-electron chi connectivity index (χ1n) is 3.99. The van der Waals surface area contributed by atoms with Gasteiger partial charge in [0.25, 0.3) is 0 Å². The molecule has 1 aromatic carbocycles. The molecule has 0 spiro atoms. The van der Waals surface area contributed by atoms with E-state index in [1.807, 2.05) is 0 Å². The molecule has 0 aliphatic heterocycles. The fraction of sp³-hybridized carbons (Fsp3) is 0.100. The minimum absolute atomic E-state index is 0.219. The van der Waals surface area contributed by atoms with Gasteiger partial charge in [0.2, 0.25) is 0 Å². The largest absolute Gasteiger partial charge is 0.418 e. The van der Waals surface area contributed by atoms with Crippen molar-refractivity contribution in [2.75, 3.05) is 0 Å². The molecule has 0 aromatic heterocycles. The number of alkyl halides is 3. The number of halogens is 5. The molecule has 0 saturated carbocycles. The molecule has 0 radical (unpaired) electrons. The highest BCUT2D eigenvalue weighted by Crippen LogP contribution is 2.41. The van der Waals surface area contributed by atoms with Gasteiger partial charge in [0.15, 0.2) is 0 Å². The van der Waals surface area contributed by atoms with Gasteiger partial charge in [-0.05, 0) is 18.9 Å². The van der Waals surface area contributed by atoms with Gasteiger partial charge >= 0.3 is 6.18 Å². The van der Waals surface area contributed by atoms with Crippen molar-refractivity contribution in [3.05, 3.63) is 35.7 Å². The van der Waals surface area contributed by atoms with Crippen LogP contribution in [0.2, 0.25) is 0 Å². The minimum Gasteiger partial charge on any atom is -0.263 e. The summed E-state index contributed by atoms with van der Waals surface area (Å²) in [6, 6.07) is 1.17. The van der Waals surface area contributed by atoms with Crippen LogP contribution in [0.3, 0.4) is 0 Å². The van der Waals surface area contributed by atoms with Crippen molar-refractivity contribution in [1.82, 2.24) is 0 Å². The summed E-state index contributed by atoms with van der Waals surface area (Å²) >= 11 is 5.46. The summed E-state index contributed by atoms with van der Waals surface area (Å²) in [6.07, 6.45) is -4.72. The maximum atomic E-state index is 13.0. The summed E-state index contributed by atoms with van der Waals surface area (Å²) in [7, 11) is 0. The van der Waals surface area contributed by atoms with Gasteiger partial charge in [0.1, 0.15) is 5.82 Å². The average molecular weight is 252 g/mol. The van der Waals surface area contributed by atoms with Crippen LogP contribution in [0.4, 0.5) is 23.2 Å². The summed E-state index contributed by atoms with van der Waals surface area (Å²) in [4.78, 5) is 3.22. The summed E-state index contributed by atoms with van der Waals surface area (Å²) < 4.78 is 50.6. The van der Waals surface area contributed by atoms with E-state index in [9.17, 15) is 17.6 Å². The van der Waals surface area contributed by atoms with Crippen LogP contribution >= 0.6 is 11.6 Å². The highest BCUT2D eigenvalue weighted by molar-refractivity contribution is 6.48. The molecule has 0 saturated heterocycles. The molecule has 1 aromatic rings. The SMILES string of the molecule is C=Nc1c(C(=C)Cl)cc(F)cc1C(F)(F)F. The normalized spacial score (nSPS) is 11.3. The molecule has 0 heterocycles. The molecule has 0 amide bonds. The van der Waals surface area contributed by atoms with Crippen LogP contribution < -0.4 is 0 Å². The molecule has 0 atom stereocenters. The number of hydrogen-bond acceptors (Lipinski definition) is 1. The van der Waals surface area contributed by atoms with E-state index in [4.69, 9.17) is 11.6 Å². The third kappa shape index (κ3) is 2.41. The van der Waals surface area contributed by atoms with Gasteiger partial charge in [0, 0.05) is 10.6 Å². The number of hydrogen-bond donors (Lipinski definition) is 0. The molecule has 0 bridgehead atoms. The molecule has 0 fully saturated rings. The van der Waals surface area contributed by atoms with Crippen molar-refractivity contribution in [2.45, 2.75) is 6.18 Å². The van der Waals surface area contributed by atoms with Crippen molar-refractivity contribution in [1.29, 1.82) is 0 Å². The molecular formula is C10H6ClF4N. The zero-order chi connectivity index (χ0) is 12.5. The van der Waals surface area contributed by atoms with Crippen LogP contribution in [0.25, 0.3) is 5.03 Å². The molecule has 6 heteroatoms. The third-order valence-corrected chi connectivity index (χ3v) is 2.03. The van der Waals surface area contributed by atoms with Gasteiger partial charge < -0.3 is 0 Å². The van der Waals surface area contributed by atoms with E-state index in [0.29, 0.717) is 6.07 Å². The Morgan fingerprint density at radius 3 is 2.25 bits per heavy atom. The Hall–Kier alpha value is -1.36. The fourth-order valence-electron chi connectivity index (χ4n) is 1.19. The lowest BCUT2D eigenvalue weighted by atomic mass is 10.1. The molecule has 0 N–H and O–H groups in total. The van der Waals surface area contributed by atoms with Gasteiger partial charge in [-0.2, -0.15) is 13.2 Å². The van der Waals surface area contributed by atoms with Crippen molar-refractivity contribution in [3.63, 3.8) is 0 Å². The molecule has 1 rings (SSSR count). The van der Waals surface area contributed by atoms with Gasteiger partial charge in [-0.1, -0.05) is 18.2 Å².